The molecule has 0 fully saturated rings. The van der Waals surface area contributed by atoms with Gasteiger partial charge in [-0.05, 0) is 25.2 Å². The summed E-state index contributed by atoms with van der Waals surface area (Å²) in [5.74, 6) is -0.0142. The number of hydrogen-bond acceptors (Lipinski definition) is 6. The van der Waals surface area contributed by atoms with Gasteiger partial charge in [-0.2, -0.15) is 0 Å². The van der Waals surface area contributed by atoms with Crippen LogP contribution in [0.1, 0.15) is 278 Å². The van der Waals surface area contributed by atoms with E-state index < -0.39 is 6.10 Å². The zero-order valence-electron chi connectivity index (χ0n) is 38.1. The Morgan fingerprint density at radius 1 is 0.339 bits per heavy atom. The molecule has 0 aliphatic rings. The maximum absolute atomic E-state index is 12.6. The van der Waals surface area contributed by atoms with E-state index >= 15 is 0 Å². The van der Waals surface area contributed by atoms with E-state index in [9.17, 15) is 14.4 Å². The van der Waals surface area contributed by atoms with Gasteiger partial charge in [-0.15, -0.1) is 0 Å². The van der Waals surface area contributed by atoms with Crippen LogP contribution >= 0.6 is 0 Å². The van der Waals surface area contributed by atoms with E-state index in [1.807, 2.05) is 0 Å². The molecule has 6 heteroatoms. The van der Waals surface area contributed by atoms with Crippen molar-refractivity contribution in [3.8, 4) is 0 Å². The fraction of sp³-hybridized carbons (Fsp3) is 0.940. The molecule has 0 radical (unpaired) electrons. The molecule has 0 aromatic heterocycles. The van der Waals surface area contributed by atoms with Crippen LogP contribution in [0.2, 0.25) is 0 Å². The van der Waals surface area contributed by atoms with Crippen molar-refractivity contribution in [1.82, 2.24) is 0 Å². The SMILES string of the molecule is CCCCCCCCCCCCCCCCCC(=O)OC[C@H](COC(=O)CCCCCCCCCCCCCCCC(C)C)OC(=O)CCCCCCCCC. The molecular weight excluding hydrogens is 697 g/mol. The summed E-state index contributed by atoms with van der Waals surface area (Å²) in [4.78, 5) is 37.7. The fourth-order valence-corrected chi connectivity index (χ4v) is 7.51. The van der Waals surface area contributed by atoms with Crippen molar-refractivity contribution in [3.05, 3.63) is 0 Å². The lowest BCUT2D eigenvalue weighted by Gasteiger charge is -2.18. The van der Waals surface area contributed by atoms with Crippen LogP contribution < -0.4 is 0 Å². The van der Waals surface area contributed by atoms with Crippen molar-refractivity contribution in [3.63, 3.8) is 0 Å². The van der Waals surface area contributed by atoms with Crippen molar-refractivity contribution in [2.75, 3.05) is 13.2 Å². The van der Waals surface area contributed by atoms with E-state index in [0.717, 1.165) is 63.7 Å². The Hall–Kier alpha value is -1.59. The van der Waals surface area contributed by atoms with E-state index in [4.69, 9.17) is 14.2 Å². The van der Waals surface area contributed by atoms with Crippen molar-refractivity contribution < 1.29 is 28.6 Å². The summed E-state index contributed by atoms with van der Waals surface area (Å²) in [5, 5.41) is 0. The van der Waals surface area contributed by atoms with E-state index in [1.165, 1.54) is 173 Å². The van der Waals surface area contributed by atoms with Crippen LogP contribution in [0.15, 0.2) is 0 Å². The van der Waals surface area contributed by atoms with Crippen LogP contribution in [-0.4, -0.2) is 37.2 Å². The van der Waals surface area contributed by atoms with Gasteiger partial charge in [0.2, 0.25) is 0 Å². The molecule has 0 aromatic rings. The van der Waals surface area contributed by atoms with Crippen LogP contribution in [0.25, 0.3) is 0 Å². The number of unbranched alkanes of at least 4 members (excludes halogenated alkanes) is 32. The van der Waals surface area contributed by atoms with Crippen LogP contribution in [-0.2, 0) is 28.6 Å². The number of esters is 3. The second-order valence-corrected chi connectivity index (χ2v) is 17.6. The molecule has 0 rings (SSSR count). The first-order valence-corrected chi connectivity index (χ1v) is 24.9. The Labute approximate surface area is 348 Å². The molecule has 0 saturated carbocycles. The summed E-state index contributed by atoms with van der Waals surface area (Å²) in [6, 6.07) is 0. The number of carbonyl (C=O) groups excluding carboxylic acids is 3. The largest absolute Gasteiger partial charge is 0.462 e. The number of hydrogen-bond donors (Lipinski definition) is 0. The van der Waals surface area contributed by atoms with Gasteiger partial charge in [0.25, 0.3) is 0 Å². The molecule has 0 saturated heterocycles. The Bertz CT molecular complexity index is 841. The van der Waals surface area contributed by atoms with Gasteiger partial charge in [0.05, 0.1) is 0 Å². The molecule has 332 valence electrons. The van der Waals surface area contributed by atoms with Gasteiger partial charge in [-0.25, -0.2) is 0 Å². The van der Waals surface area contributed by atoms with Gasteiger partial charge in [0.1, 0.15) is 13.2 Å². The quantitative estimate of drug-likeness (QED) is 0.0347. The number of rotatable bonds is 45. The molecule has 0 aliphatic carbocycles. The topological polar surface area (TPSA) is 78.9 Å². The molecule has 1 atom stereocenters. The van der Waals surface area contributed by atoms with Crippen LogP contribution in [0.4, 0.5) is 0 Å². The smallest absolute Gasteiger partial charge is 0.306 e. The molecule has 0 unspecified atom stereocenters. The summed E-state index contributed by atoms with van der Waals surface area (Å²) in [6.07, 6.45) is 45.3. The Morgan fingerprint density at radius 2 is 0.589 bits per heavy atom. The minimum absolute atomic E-state index is 0.0636. The molecule has 0 N–H and O–H groups in total. The van der Waals surface area contributed by atoms with E-state index in [-0.39, 0.29) is 31.1 Å². The second kappa shape index (κ2) is 44.5. The molecule has 0 heterocycles. The van der Waals surface area contributed by atoms with Gasteiger partial charge in [0, 0.05) is 19.3 Å². The van der Waals surface area contributed by atoms with Crippen molar-refractivity contribution >= 4 is 17.9 Å². The number of carbonyl (C=O) groups is 3. The van der Waals surface area contributed by atoms with Gasteiger partial charge in [-0.1, -0.05) is 240 Å². The first-order chi connectivity index (χ1) is 27.4. The Kier molecular flexibility index (Phi) is 43.2. The Morgan fingerprint density at radius 3 is 0.875 bits per heavy atom. The molecular formula is C50H96O6. The van der Waals surface area contributed by atoms with E-state index in [2.05, 4.69) is 27.7 Å². The van der Waals surface area contributed by atoms with E-state index in [0.29, 0.717) is 19.3 Å². The highest BCUT2D eigenvalue weighted by Gasteiger charge is 2.19. The summed E-state index contributed by atoms with van der Waals surface area (Å²) >= 11 is 0. The normalized spacial score (nSPS) is 11.9. The molecule has 0 aliphatic heterocycles. The lowest BCUT2D eigenvalue weighted by molar-refractivity contribution is -0.167. The zero-order chi connectivity index (χ0) is 41.0. The summed E-state index contributed by atoms with van der Waals surface area (Å²) in [5.41, 5.74) is 0. The van der Waals surface area contributed by atoms with Gasteiger partial charge >= 0.3 is 17.9 Å². The highest BCUT2D eigenvalue weighted by atomic mass is 16.6. The van der Waals surface area contributed by atoms with Crippen LogP contribution in [0.5, 0.6) is 0 Å². The molecule has 6 nitrogen and oxygen atoms in total. The third kappa shape index (κ3) is 43.5. The zero-order valence-corrected chi connectivity index (χ0v) is 38.1. The maximum atomic E-state index is 12.6. The Balaban J connectivity index is 4.18. The average molecular weight is 793 g/mol. The van der Waals surface area contributed by atoms with Crippen molar-refractivity contribution in [1.29, 1.82) is 0 Å². The first kappa shape index (κ1) is 54.4. The maximum Gasteiger partial charge on any atom is 0.306 e. The highest BCUT2D eigenvalue weighted by molar-refractivity contribution is 5.71. The standard InChI is InChI=1S/C50H96O6/c1-5-7-9-11-13-14-15-16-17-20-23-26-30-33-37-41-48(51)54-44-47(56-50(53)43-39-35-28-12-10-8-6-2)45-55-49(52)42-38-34-31-27-24-21-18-19-22-25-29-32-36-40-46(3)4/h46-47H,5-45H2,1-4H3/t47-/m1/s1. The van der Waals surface area contributed by atoms with Crippen molar-refractivity contribution in [2.24, 2.45) is 5.92 Å². The van der Waals surface area contributed by atoms with Gasteiger partial charge in [0.15, 0.2) is 6.10 Å². The van der Waals surface area contributed by atoms with Crippen LogP contribution in [0.3, 0.4) is 0 Å². The van der Waals surface area contributed by atoms with E-state index in [1.54, 1.807) is 0 Å². The molecule has 0 bridgehead atoms. The fourth-order valence-electron chi connectivity index (χ4n) is 7.51. The third-order valence-corrected chi connectivity index (χ3v) is 11.3. The van der Waals surface area contributed by atoms with Gasteiger partial charge < -0.3 is 14.2 Å². The molecule has 0 aromatic carbocycles. The summed E-state index contributed by atoms with van der Waals surface area (Å²) in [6.45, 7) is 8.99. The third-order valence-electron chi connectivity index (χ3n) is 11.3. The predicted molar refractivity (Wildman–Crippen MR) is 238 cm³/mol. The summed E-state index contributed by atoms with van der Waals surface area (Å²) in [7, 11) is 0. The number of ether oxygens (including phenoxy) is 3. The molecule has 0 spiro atoms. The average Bonchev–Trinajstić information content (AvgIpc) is 3.18. The summed E-state index contributed by atoms with van der Waals surface area (Å²) < 4.78 is 16.7. The molecule has 56 heavy (non-hydrogen) atoms. The van der Waals surface area contributed by atoms with Crippen LogP contribution in [0, 0.1) is 5.92 Å². The monoisotopic (exact) mass is 793 g/mol. The minimum Gasteiger partial charge on any atom is -0.462 e. The lowest BCUT2D eigenvalue weighted by Crippen LogP contribution is -2.30. The predicted octanol–water partition coefficient (Wildman–Crippen LogP) is 15.9. The first-order valence-electron chi connectivity index (χ1n) is 24.9. The van der Waals surface area contributed by atoms with Crippen molar-refractivity contribution in [2.45, 2.75) is 284 Å². The lowest BCUT2D eigenvalue weighted by atomic mass is 10.0. The second-order valence-electron chi connectivity index (χ2n) is 17.6. The van der Waals surface area contributed by atoms with Gasteiger partial charge in [-0.3, -0.25) is 14.4 Å². The minimum atomic E-state index is -0.758. The highest BCUT2D eigenvalue weighted by Crippen LogP contribution is 2.17. The molecule has 0 amide bonds.